The van der Waals surface area contributed by atoms with Crippen molar-refractivity contribution in [3.05, 3.63) is 12.3 Å². The Kier molecular flexibility index (Phi) is 4.66. The molecule has 1 aliphatic carbocycles. The van der Waals surface area contributed by atoms with Gasteiger partial charge in [-0.05, 0) is 31.6 Å². The standard InChI is InChI=1S/C12H21NO2/c1-3-10-4-6-11(7-5-10)13(2)9-8-12(14)15/h8-11H,3-7H2,1-2H3,(H,14,15). The van der Waals surface area contributed by atoms with E-state index in [1.165, 1.54) is 38.2 Å². The SMILES string of the molecule is CCC1CCC(N(C)C=CC(=O)O)CC1. The highest BCUT2D eigenvalue weighted by atomic mass is 16.4. The van der Waals surface area contributed by atoms with Crippen LogP contribution in [0.15, 0.2) is 12.3 Å². The lowest BCUT2D eigenvalue weighted by Crippen LogP contribution is -2.31. The van der Waals surface area contributed by atoms with Crippen LogP contribution in [0.1, 0.15) is 39.0 Å². The first kappa shape index (κ1) is 12.1. The van der Waals surface area contributed by atoms with Gasteiger partial charge in [-0.1, -0.05) is 13.3 Å². The molecule has 1 rings (SSSR count). The molecule has 15 heavy (non-hydrogen) atoms. The van der Waals surface area contributed by atoms with Crippen LogP contribution in [0.4, 0.5) is 0 Å². The van der Waals surface area contributed by atoms with Crippen molar-refractivity contribution in [2.45, 2.75) is 45.1 Å². The fourth-order valence-electron chi connectivity index (χ4n) is 2.26. The lowest BCUT2D eigenvalue weighted by molar-refractivity contribution is -0.131. The van der Waals surface area contributed by atoms with Gasteiger partial charge in [0.05, 0.1) is 0 Å². The fourth-order valence-corrected chi connectivity index (χ4v) is 2.26. The van der Waals surface area contributed by atoms with Crippen molar-refractivity contribution in [1.29, 1.82) is 0 Å². The van der Waals surface area contributed by atoms with Crippen molar-refractivity contribution in [2.24, 2.45) is 5.92 Å². The van der Waals surface area contributed by atoms with Gasteiger partial charge in [-0.2, -0.15) is 0 Å². The monoisotopic (exact) mass is 211 g/mol. The summed E-state index contributed by atoms with van der Waals surface area (Å²) in [4.78, 5) is 12.4. The number of carboxylic acid groups (broad SMARTS) is 1. The van der Waals surface area contributed by atoms with E-state index in [1.807, 2.05) is 11.9 Å². The van der Waals surface area contributed by atoms with Crippen LogP contribution in [-0.4, -0.2) is 29.1 Å². The van der Waals surface area contributed by atoms with Crippen molar-refractivity contribution in [2.75, 3.05) is 7.05 Å². The summed E-state index contributed by atoms with van der Waals surface area (Å²) >= 11 is 0. The average Bonchev–Trinajstić information content (AvgIpc) is 2.26. The molecule has 0 bridgehead atoms. The van der Waals surface area contributed by atoms with Crippen LogP contribution in [-0.2, 0) is 4.79 Å². The Labute approximate surface area is 91.8 Å². The van der Waals surface area contributed by atoms with E-state index in [0.29, 0.717) is 6.04 Å². The fraction of sp³-hybridized carbons (Fsp3) is 0.750. The first-order chi connectivity index (χ1) is 7.13. The van der Waals surface area contributed by atoms with E-state index < -0.39 is 5.97 Å². The molecule has 0 spiro atoms. The van der Waals surface area contributed by atoms with E-state index in [2.05, 4.69) is 6.92 Å². The van der Waals surface area contributed by atoms with Crippen molar-refractivity contribution >= 4 is 5.97 Å². The Morgan fingerprint density at radius 2 is 2.00 bits per heavy atom. The molecule has 0 aromatic heterocycles. The number of nitrogens with zero attached hydrogens (tertiary/aromatic N) is 1. The van der Waals surface area contributed by atoms with Gasteiger partial charge in [0, 0.05) is 25.4 Å². The molecule has 0 aliphatic heterocycles. The number of aliphatic carboxylic acids is 1. The predicted molar refractivity (Wildman–Crippen MR) is 60.6 cm³/mol. The summed E-state index contributed by atoms with van der Waals surface area (Å²) in [5, 5.41) is 8.53. The third-order valence-corrected chi connectivity index (χ3v) is 3.42. The summed E-state index contributed by atoms with van der Waals surface area (Å²) in [6.07, 6.45) is 9.13. The summed E-state index contributed by atoms with van der Waals surface area (Å²) in [5.74, 6) is 0.0159. The summed E-state index contributed by atoms with van der Waals surface area (Å²) in [5.41, 5.74) is 0. The molecule has 3 heteroatoms. The zero-order valence-electron chi connectivity index (χ0n) is 9.65. The maximum absolute atomic E-state index is 10.4. The molecular weight excluding hydrogens is 190 g/mol. The van der Waals surface area contributed by atoms with Gasteiger partial charge in [0.15, 0.2) is 0 Å². The maximum Gasteiger partial charge on any atom is 0.329 e. The van der Waals surface area contributed by atoms with Crippen LogP contribution in [0.3, 0.4) is 0 Å². The zero-order chi connectivity index (χ0) is 11.3. The quantitative estimate of drug-likeness (QED) is 0.726. The summed E-state index contributed by atoms with van der Waals surface area (Å²) in [6.45, 7) is 2.25. The van der Waals surface area contributed by atoms with Crippen molar-refractivity contribution in [1.82, 2.24) is 4.90 Å². The van der Waals surface area contributed by atoms with E-state index in [1.54, 1.807) is 6.20 Å². The van der Waals surface area contributed by atoms with Crippen molar-refractivity contribution in [3.63, 3.8) is 0 Å². The van der Waals surface area contributed by atoms with Gasteiger partial charge < -0.3 is 10.0 Å². The molecular formula is C12H21NO2. The van der Waals surface area contributed by atoms with Gasteiger partial charge in [0.25, 0.3) is 0 Å². The highest BCUT2D eigenvalue weighted by molar-refractivity contribution is 5.79. The molecule has 1 aliphatic rings. The molecule has 1 N–H and O–H groups in total. The van der Waals surface area contributed by atoms with Gasteiger partial charge in [0.1, 0.15) is 0 Å². The van der Waals surface area contributed by atoms with Crippen LogP contribution in [0, 0.1) is 5.92 Å². The van der Waals surface area contributed by atoms with Crippen molar-refractivity contribution in [3.8, 4) is 0 Å². The Morgan fingerprint density at radius 3 is 2.47 bits per heavy atom. The average molecular weight is 211 g/mol. The van der Waals surface area contributed by atoms with E-state index >= 15 is 0 Å². The van der Waals surface area contributed by atoms with E-state index in [9.17, 15) is 4.79 Å². The Balaban J connectivity index is 2.36. The third kappa shape index (κ3) is 3.94. The van der Waals surface area contributed by atoms with Gasteiger partial charge >= 0.3 is 5.97 Å². The zero-order valence-corrected chi connectivity index (χ0v) is 9.65. The Morgan fingerprint density at radius 1 is 1.40 bits per heavy atom. The second kappa shape index (κ2) is 5.79. The minimum atomic E-state index is -0.871. The van der Waals surface area contributed by atoms with Gasteiger partial charge in [-0.15, -0.1) is 0 Å². The van der Waals surface area contributed by atoms with Crippen LogP contribution < -0.4 is 0 Å². The number of carbonyl (C=O) groups is 1. The first-order valence-corrected chi connectivity index (χ1v) is 5.76. The Hall–Kier alpha value is -0.990. The lowest BCUT2D eigenvalue weighted by atomic mass is 9.84. The minimum absolute atomic E-state index is 0.531. The van der Waals surface area contributed by atoms with Crippen LogP contribution in [0.2, 0.25) is 0 Å². The molecule has 0 aromatic rings. The molecule has 0 radical (unpaired) electrons. The largest absolute Gasteiger partial charge is 0.478 e. The lowest BCUT2D eigenvalue weighted by Gasteiger charge is -2.33. The second-order valence-corrected chi connectivity index (χ2v) is 4.40. The number of hydrogen-bond donors (Lipinski definition) is 1. The molecule has 0 aromatic carbocycles. The molecule has 1 fully saturated rings. The topological polar surface area (TPSA) is 40.5 Å². The van der Waals surface area contributed by atoms with E-state index in [4.69, 9.17) is 5.11 Å². The molecule has 3 nitrogen and oxygen atoms in total. The summed E-state index contributed by atoms with van der Waals surface area (Å²) in [7, 11) is 1.97. The normalized spacial score (nSPS) is 26.8. The van der Waals surface area contributed by atoms with Crippen LogP contribution in [0.25, 0.3) is 0 Å². The van der Waals surface area contributed by atoms with Crippen LogP contribution >= 0.6 is 0 Å². The molecule has 0 saturated heterocycles. The third-order valence-electron chi connectivity index (χ3n) is 3.42. The molecule has 86 valence electrons. The molecule has 0 heterocycles. The highest BCUT2D eigenvalue weighted by Gasteiger charge is 2.21. The first-order valence-electron chi connectivity index (χ1n) is 5.76. The smallest absolute Gasteiger partial charge is 0.329 e. The van der Waals surface area contributed by atoms with Gasteiger partial charge in [-0.25, -0.2) is 4.79 Å². The number of hydrogen-bond acceptors (Lipinski definition) is 2. The maximum atomic E-state index is 10.4. The van der Waals surface area contributed by atoms with Crippen molar-refractivity contribution < 1.29 is 9.90 Å². The van der Waals surface area contributed by atoms with Gasteiger partial charge in [-0.3, -0.25) is 0 Å². The van der Waals surface area contributed by atoms with Gasteiger partial charge in [0.2, 0.25) is 0 Å². The van der Waals surface area contributed by atoms with E-state index in [-0.39, 0.29) is 0 Å². The molecule has 0 atom stereocenters. The molecule has 0 amide bonds. The highest BCUT2D eigenvalue weighted by Crippen LogP contribution is 2.28. The predicted octanol–water partition coefficient (Wildman–Crippen LogP) is 2.49. The Bertz CT molecular complexity index is 230. The molecule has 1 saturated carbocycles. The van der Waals surface area contributed by atoms with E-state index in [0.717, 1.165) is 5.92 Å². The minimum Gasteiger partial charge on any atom is -0.478 e. The molecule has 0 unspecified atom stereocenters. The summed E-state index contributed by atoms with van der Waals surface area (Å²) < 4.78 is 0. The summed E-state index contributed by atoms with van der Waals surface area (Å²) in [6, 6.07) is 0.531. The number of carboxylic acids is 1. The second-order valence-electron chi connectivity index (χ2n) is 4.40. The van der Waals surface area contributed by atoms with Crippen LogP contribution in [0.5, 0.6) is 0 Å². The number of rotatable bonds is 4.